The van der Waals surface area contributed by atoms with Gasteiger partial charge >= 0.3 is 0 Å². The zero-order valence-electron chi connectivity index (χ0n) is 13.7. The molecule has 1 atom stereocenters. The number of nitrogens with one attached hydrogen (secondary N) is 1. The fourth-order valence-electron chi connectivity index (χ4n) is 2.99. The first-order chi connectivity index (χ1) is 10.2. The number of piperidine rings is 1. The highest BCUT2D eigenvalue weighted by molar-refractivity contribution is 5.43. The second-order valence-electron chi connectivity index (χ2n) is 5.71. The number of hydrogen-bond donors (Lipinski definition) is 1. The van der Waals surface area contributed by atoms with E-state index < -0.39 is 0 Å². The Morgan fingerprint density at radius 1 is 1.19 bits per heavy atom. The summed E-state index contributed by atoms with van der Waals surface area (Å²) in [4.78, 5) is 2.51. The van der Waals surface area contributed by atoms with Gasteiger partial charge in [-0.1, -0.05) is 13.0 Å². The Morgan fingerprint density at radius 3 is 2.43 bits per heavy atom. The summed E-state index contributed by atoms with van der Waals surface area (Å²) in [6, 6.07) is 7.09. The number of nitrogens with zero attached hydrogens (tertiary/aromatic N) is 1. The summed E-state index contributed by atoms with van der Waals surface area (Å²) in [6.07, 6.45) is 2.46. The van der Waals surface area contributed by atoms with Crippen molar-refractivity contribution in [1.29, 1.82) is 0 Å². The van der Waals surface area contributed by atoms with Crippen LogP contribution in [0, 0.1) is 0 Å². The molecular weight excluding hydrogens is 264 g/mol. The Morgan fingerprint density at radius 2 is 1.86 bits per heavy atom. The molecule has 1 aliphatic rings. The number of benzene rings is 1. The van der Waals surface area contributed by atoms with Crippen molar-refractivity contribution in [2.24, 2.45) is 0 Å². The summed E-state index contributed by atoms with van der Waals surface area (Å²) in [7, 11) is 3.35. The lowest BCUT2D eigenvalue weighted by molar-refractivity contribution is 0.200. The Bertz CT molecular complexity index is 442. The molecule has 1 aromatic rings. The van der Waals surface area contributed by atoms with Gasteiger partial charge in [0.25, 0.3) is 0 Å². The van der Waals surface area contributed by atoms with Gasteiger partial charge in [0.2, 0.25) is 0 Å². The Hall–Kier alpha value is -1.26. The van der Waals surface area contributed by atoms with E-state index >= 15 is 0 Å². The maximum Gasteiger partial charge on any atom is 0.161 e. The van der Waals surface area contributed by atoms with Crippen LogP contribution >= 0.6 is 0 Å². The van der Waals surface area contributed by atoms with E-state index in [9.17, 15) is 0 Å². The van der Waals surface area contributed by atoms with Crippen molar-refractivity contribution in [3.63, 3.8) is 0 Å². The smallest absolute Gasteiger partial charge is 0.161 e. The molecule has 0 bridgehead atoms. The first-order valence-corrected chi connectivity index (χ1v) is 7.88. The molecule has 118 valence electrons. The molecule has 2 rings (SSSR count). The monoisotopic (exact) mass is 292 g/mol. The molecule has 0 amide bonds. The predicted octanol–water partition coefficient (Wildman–Crippen LogP) is 2.84. The van der Waals surface area contributed by atoms with E-state index in [2.05, 4.69) is 36.2 Å². The van der Waals surface area contributed by atoms with E-state index in [-0.39, 0.29) is 0 Å². The van der Waals surface area contributed by atoms with E-state index in [0.29, 0.717) is 12.1 Å². The van der Waals surface area contributed by atoms with E-state index in [0.717, 1.165) is 18.0 Å². The minimum absolute atomic E-state index is 0.322. The predicted molar refractivity (Wildman–Crippen MR) is 86.2 cm³/mol. The molecule has 1 unspecified atom stereocenters. The van der Waals surface area contributed by atoms with Gasteiger partial charge in [-0.3, -0.25) is 0 Å². The van der Waals surface area contributed by atoms with Crippen molar-refractivity contribution in [3.05, 3.63) is 23.8 Å². The van der Waals surface area contributed by atoms with Crippen LogP contribution in [0.15, 0.2) is 18.2 Å². The molecule has 1 fully saturated rings. The average Bonchev–Trinajstić information content (AvgIpc) is 2.54. The van der Waals surface area contributed by atoms with Crippen molar-refractivity contribution in [2.45, 2.75) is 38.8 Å². The fourth-order valence-corrected chi connectivity index (χ4v) is 2.99. The zero-order chi connectivity index (χ0) is 15.2. The summed E-state index contributed by atoms with van der Waals surface area (Å²) in [5.74, 6) is 1.58. The lowest BCUT2D eigenvalue weighted by atomic mass is 10.0. The fraction of sp³-hybridized carbons (Fsp3) is 0.647. The SMILES string of the molecule is CCN1CCC(NC(C)c2ccc(OC)c(OC)c2)CC1. The van der Waals surface area contributed by atoms with Gasteiger partial charge in [0, 0.05) is 12.1 Å². The molecule has 0 aliphatic carbocycles. The maximum atomic E-state index is 5.39. The Labute approximate surface area is 128 Å². The maximum absolute atomic E-state index is 5.39. The highest BCUT2D eigenvalue weighted by Crippen LogP contribution is 2.30. The Balaban J connectivity index is 1.95. The highest BCUT2D eigenvalue weighted by Gasteiger charge is 2.20. The molecule has 1 N–H and O–H groups in total. The lowest BCUT2D eigenvalue weighted by Crippen LogP contribution is -2.43. The van der Waals surface area contributed by atoms with Crippen LogP contribution in [0.4, 0.5) is 0 Å². The molecule has 21 heavy (non-hydrogen) atoms. The molecule has 1 aromatic carbocycles. The van der Waals surface area contributed by atoms with Crippen LogP contribution in [-0.4, -0.2) is 44.8 Å². The molecule has 1 aliphatic heterocycles. The van der Waals surface area contributed by atoms with Crippen LogP contribution in [0.2, 0.25) is 0 Å². The molecule has 1 heterocycles. The molecule has 0 spiro atoms. The van der Waals surface area contributed by atoms with Crippen LogP contribution < -0.4 is 14.8 Å². The number of rotatable bonds is 6. The van der Waals surface area contributed by atoms with Crippen molar-refractivity contribution in [3.8, 4) is 11.5 Å². The standard InChI is InChI=1S/C17H28N2O2/c1-5-19-10-8-15(9-11-19)18-13(2)14-6-7-16(20-3)17(12-14)21-4/h6-7,12-13,15,18H,5,8-11H2,1-4H3. The number of likely N-dealkylation sites (tertiary alicyclic amines) is 1. The summed E-state index contributed by atoms with van der Waals surface area (Å²) >= 11 is 0. The third-order valence-electron chi connectivity index (χ3n) is 4.43. The minimum Gasteiger partial charge on any atom is -0.493 e. The first-order valence-electron chi connectivity index (χ1n) is 7.88. The second-order valence-corrected chi connectivity index (χ2v) is 5.71. The third-order valence-corrected chi connectivity index (χ3v) is 4.43. The Kier molecular flexibility index (Phi) is 5.88. The summed E-state index contributed by atoms with van der Waals surface area (Å²) in [5.41, 5.74) is 1.24. The van der Waals surface area contributed by atoms with E-state index in [1.807, 2.05) is 6.07 Å². The van der Waals surface area contributed by atoms with Gasteiger partial charge in [0.1, 0.15) is 0 Å². The van der Waals surface area contributed by atoms with Crippen molar-refractivity contribution in [1.82, 2.24) is 10.2 Å². The van der Waals surface area contributed by atoms with Crippen LogP contribution in [-0.2, 0) is 0 Å². The van der Waals surface area contributed by atoms with Gasteiger partial charge in [-0.05, 0) is 57.1 Å². The van der Waals surface area contributed by atoms with Crippen molar-refractivity contribution >= 4 is 0 Å². The largest absolute Gasteiger partial charge is 0.493 e. The molecule has 0 radical (unpaired) electrons. The topological polar surface area (TPSA) is 33.7 Å². The third kappa shape index (κ3) is 4.11. The first kappa shape index (κ1) is 16.1. The minimum atomic E-state index is 0.322. The van der Waals surface area contributed by atoms with Crippen LogP contribution in [0.1, 0.15) is 38.3 Å². The molecule has 1 saturated heterocycles. The average molecular weight is 292 g/mol. The normalized spacial score (nSPS) is 18.5. The van der Waals surface area contributed by atoms with E-state index in [1.54, 1.807) is 14.2 Å². The number of hydrogen-bond acceptors (Lipinski definition) is 4. The highest BCUT2D eigenvalue weighted by atomic mass is 16.5. The van der Waals surface area contributed by atoms with Gasteiger partial charge in [0.15, 0.2) is 11.5 Å². The quantitative estimate of drug-likeness (QED) is 0.874. The summed E-state index contributed by atoms with van der Waals surface area (Å²) < 4.78 is 10.7. The van der Waals surface area contributed by atoms with Gasteiger partial charge in [-0.2, -0.15) is 0 Å². The molecule has 4 nitrogen and oxygen atoms in total. The molecule has 0 aromatic heterocycles. The molecular formula is C17H28N2O2. The molecule has 0 saturated carbocycles. The van der Waals surface area contributed by atoms with Gasteiger partial charge in [-0.15, -0.1) is 0 Å². The van der Waals surface area contributed by atoms with Crippen molar-refractivity contribution < 1.29 is 9.47 Å². The van der Waals surface area contributed by atoms with Crippen LogP contribution in [0.5, 0.6) is 11.5 Å². The van der Waals surface area contributed by atoms with Gasteiger partial charge < -0.3 is 19.7 Å². The van der Waals surface area contributed by atoms with Gasteiger partial charge in [-0.25, -0.2) is 0 Å². The van der Waals surface area contributed by atoms with Crippen LogP contribution in [0.3, 0.4) is 0 Å². The second kappa shape index (κ2) is 7.66. The van der Waals surface area contributed by atoms with Crippen molar-refractivity contribution in [2.75, 3.05) is 33.9 Å². The summed E-state index contributed by atoms with van der Waals surface area (Å²) in [6.45, 7) is 8.02. The van der Waals surface area contributed by atoms with Gasteiger partial charge in [0.05, 0.1) is 14.2 Å². The number of methoxy groups -OCH3 is 2. The number of ether oxygens (including phenoxy) is 2. The van der Waals surface area contributed by atoms with E-state index in [1.165, 1.54) is 31.5 Å². The lowest BCUT2D eigenvalue weighted by Gasteiger charge is -2.33. The zero-order valence-corrected chi connectivity index (χ0v) is 13.7. The summed E-state index contributed by atoms with van der Waals surface area (Å²) in [5, 5.41) is 3.75. The molecule has 4 heteroatoms. The van der Waals surface area contributed by atoms with E-state index in [4.69, 9.17) is 9.47 Å². The van der Waals surface area contributed by atoms with Crippen LogP contribution in [0.25, 0.3) is 0 Å².